The zero-order chi connectivity index (χ0) is 14.8. The van der Waals surface area contributed by atoms with Crippen molar-refractivity contribution in [3.63, 3.8) is 0 Å². The lowest BCUT2D eigenvalue weighted by atomic mass is 9.97. The smallest absolute Gasteiger partial charge is 0.335 e. The van der Waals surface area contributed by atoms with Crippen molar-refractivity contribution in [2.75, 3.05) is 13.2 Å². The average Bonchev–Trinajstić information content (AvgIpc) is 3.01. The van der Waals surface area contributed by atoms with E-state index in [0.717, 1.165) is 22.3 Å². The second kappa shape index (κ2) is 5.40. The van der Waals surface area contributed by atoms with Crippen LogP contribution in [0.15, 0.2) is 47.5 Å². The Balaban J connectivity index is 1.93. The third-order valence-corrected chi connectivity index (χ3v) is 3.50. The van der Waals surface area contributed by atoms with E-state index >= 15 is 0 Å². The third-order valence-electron chi connectivity index (χ3n) is 3.50. The summed E-state index contributed by atoms with van der Waals surface area (Å²) in [6, 6.07) is 12.9. The summed E-state index contributed by atoms with van der Waals surface area (Å²) in [5, 5.41) is 8.93. The summed E-state index contributed by atoms with van der Waals surface area (Å²) >= 11 is 0. The number of carboxylic acid groups (broad SMARTS) is 1. The molecular weight excluding hydrogens is 266 g/mol. The summed E-state index contributed by atoms with van der Waals surface area (Å²) < 4.78 is 5.47. The first-order valence-corrected chi connectivity index (χ1v) is 6.77. The molecule has 4 nitrogen and oxygen atoms in total. The molecular formula is C17H15NO3. The Kier molecular flexibility index (Phi) is 3.44. The number of hydrogen-bond acceptors (Lipinski definition) is 3. The van der Waals surface area contributed by atoms with Gasteiger partial charge >= 0.3 is 5.97 Å². The van der Waals surface area contributed by atoms with Crippen molar-refractivity contribution in [3.8, 4) is 11.1 Å². The highest BCUT2D eigenvalue weighted by atomic mass is 16.5. The molecule has 0 amide bonds. The van der Waals surface area contributed by atoms with Crippen molar-refractivity contribution in [1.82, 2.24) is 0 Å². The van der Waals surface area contributed by atoms with E-state index in [1.54, 1.807) is 12.1 Å². The van der Waals surface area contributed by atoms with Gasteiger partial charge in [-0.2, -0.15) is 0 Å². The predicted molar refractivity (Wildman–Crippen MR) is 80.9 cm³/mol. The fourth-order valence-electron chi connectivity index (χ4n) is 2.42. The van der Waals surface area contributed by atoms with Gasteiger partial charge in [-0.3, -0.25) is 0 Å². The lowest BCUT2D eigenvalue weighted by Gasteiger charge is -2.09. The predicted octanol–water partition coefficient (Wildman–Crippen LogP) is 3.14. The minimum atomic E-state index is -0.912. The molecule has 0 aliphatic carbocycles. The molecule has 0 saturated carbocycles. The van der Waals surface area contributed by atoms with Gasteiger partial charge < -0.3 is 9.84 Å². The summed E-state index contributed by atoms with van der Waals surface area (Å²) in [7, 11) is 0. The number of rotatable bonds is 3. The fourth-order valence-corrected chi connectivity index (χ4v) is 2.42. The van der Waals surface area contributed by atoms with Gasteiger partial charge in [0.05, 0.1) is 12.1 Å². The van der Waals surface area contributed by atoms with Crippen LogP contribution in [0.2, 0.25) is 0 Å². The molecule has 21 heavy (non-hydrogen) atoms. The molecule has 0 bridgehead atoms. The van der Waals surface area contributed by atoms with Crippen molar-refractivity contribution < 1.29 is 14.6 Å². The lowest BCUT2D eigenvalue weighted by molar-refractivity contribution is 0.0697. The van der Waals surface area contributed by atoms with E-state index in [1.165, 1.54) is 0 Å². The van der Waals surface area contributed by atoms with Crippen LogP contribution in [-0.2, 0) is 4.74 Å². The Morgan fingerprint density at radius 3 is 2.43 bits per heavy atom. The highest BCUT2D eigenvalue weighted by Gasteiger charge is 2.12. The zero-order valence-corrected chi connectivity index (χ0v) is 11.7. The Morgan fingerprint density at radius 1 is 1.14 bits per heavy atom. The molecule has 0 unspecified atom stereocenters. The molecule has 0 saturated heterocycles. The zero-order valence-electron chi connectivity index (χ0n) is 11.7. The number of benzene rings is 2. The van der Waals surface area contributed by atoms with E-state index in [9.17, 15) is 4.79 Å². The topological polar surface area (TPSA) is 58.9 Å². The first-order valence-electron chi connectivity index (χ1n) is 6.77. The maximum atomic E-state index is 10.9. The third kappa shape index (κ3) is 2.65. The standard InChI is InChI=1S/C17H15NO3/c1-11-10-14(16-18-8-9-21-16)6-7-15(11)12-2-4-13(5-3-12)17(19)20/h2-7,10H,8-9H2,1H3,(H,19,20). The second-order valence-corrected chi connectivity index (χ2v) is 4.95. The van der Waals surface area contributed by atoms with Crippen LogP contribution in [0.3, 0.4) is 0 Å². The molecule has 1 aliphatic rings. The normalized spacial score (nSPS) is 13.7. The summed E-state index contributed by atoms with van der Waals surface area (Å²) in [6.07, 6.45) is 0. The number of aryl methyl sites for hydroxylation is 1. The number of carboxylic acids is 1. The molecule has 4 heteroatoms. The van der Waals surface area contributed by atoms with Gasteiger partial charge in [0.1, 0.15) is 6.61 Å². The Morgan fingerprint density at radius 2 is 1.86 bits per heavy atom. The quantitative estimate of drug-likeness (QED) is 0.940. The maximum Gasteiger partial charge on any atom is 0.335 e. The van der Waals surface area contributed by atoms with Gasteiger partial charge in [0.25, 0.3) is 0 Å². The summed E-state index contributed by atoms with van der Waals surface area (Å²) in [6.45, 7) is 3.39. The van der Waals surface area contributed by atoms with Gasteiger partial charge in [0, 0.05) is 5.56 Å². The average molecular weight is 281 g/mol. The van der Waals surface area contributed by atoms with Crippen LogP contribution in [0.25, 0.3) is 11.1 Å². The Bertz CT molecular complexity index is 717. The lowest BCUT2D eigenvalue weighted by Crippen LogP contribution is -2.01. The van der Waals surface area contributed by atoms with Gasteiger partial charge in [-0.15, -0.1) is 0 Å². The number of aromatic carboxylic acids is 1. The highest BCUT2D eigenvalue weighted by molar-refractivity contribution is 5.96. The molecule has 2 aromatic rings. The minimum absolute atomic E-state index is 0.293. The first kappa shape index (κ1) is 13.4. The van der Waals surface area contributed by atoms with Crippen LogP contribution in [0.5, 0.6) is 0 Å². The van der Waals surface area contributed by atoms with Gasteiger partial charge in [-0.1, -0.05) is 18.2 Å². The minimum Gasteiger partial charge on any atom is -0.478 e. The molecule has 1 aliphatic heterocycles. The summed E-state index contributed by atoms with van der Waals surface area (Å²) in [4.78, 5) is 15.2. The molecule has 2 aromatic carbocycles. The molecule has 0 radical (unpaired) electrons. The molecule has 1 N–H and O–H groups in total. The SMILES string of the molecule is Cc1cc(C2=NCCO2)ccc1-c1ccc(C(=O)O)cc1. The van der Waals surface area contributed by atoms with Crippen molar-refractivity contribution in [1.29, 1.82) is 0 Å². The summed E-state index contributed by atoms with van der Waals surface area (Å²) in [5.74, 6) is -0.212. The number of carbonyl (C=O) groups is 1. The van der Waals surface area contributed by atoms with E-state index in [2.05, 4.69) is 4.99 Å². The van der Waals surface area contributed by atoms with Gasteiger partial charge in [0.15, 0.2) is 0 Å². The largest absolute Gasteiger partial charge is 0.478 e. The van der Waals surface area contributed by atoms with E-state index in [4.69, 9.17) is 9.84 Å². The molecule has 0 spiro atoms. The molecule has 3 rings (SSSR count). The molecule has 0 atom stereocenters. The maximum absolute atomic E-state index is 10.9. The first-order chi connectivity index (χ1) is 10.1. The van der Waals surface area contributed by atoms with E-state index in [1.807, 2.05) is 37.3 Å². The number of aliphatic imine (C=N–C) groups is 1. The molecule has 106 valence electrons. The molecule has 0 aromatic heterocycles. The second-order valence-electron chi connectivity index (χ2n) is 4.95. The van der Waals surface area contributed by atoms with Crippen LogP contribution in [0, 0.1) is 6.92 Å². The summed E-state index contributed by atoms with van der Waals surface area (Å²) in [5.41, 5.74) is 4.46. The van der Waals surface area contributed by atoms with Crippen molar-refractivity contribution in [3.05, 3.63) is 59.2 Å². The number of ether oxygens (including phenoxy) is 1. The Hall–Kier alpha value is -2.62. The van der Waals surface area contributed by atoms with Crippen molar-refractivity contribution >= 4 is 11.9 Å². The van der Waals surface area contributed by atoms with Crippen molar-refractivity contribution in [2.45, 2.75) is 6.92 Å². The number of hydrogen-bond donors (Lipinski definition) is 1. The van der Waals surface area contributed by atoms with E-state index in [-0.39, 0.29) is 0 Å². The number of nitrogens with zero attached hydrogens (tertiary/aromatic N) is 1. The monoisotopic (exact) mass is 281 g/mol. The fraction of sp³-hybridized carbons (Fsp3) is 0.176. The van der Waals surface area contributed by atoms with Crippen LogP contribution in [-0.4, -0.2) is 30.1 Å². The van der Waals surface area contributed by atoms with Crippen LogP contribution in [0.4, 0.5) is 0 Å². The van der Waals surface area contributed by atoms with Crippen LogP contribution >= 0.6 is 0 Å². The van der Waals surface area contributed by atoms with Crippen LogP contribution in [0.1, 0.15) is 21.5 Å². The van der Waals surface area contributed by atoms with Crippen molar-refractivity contribution in [2.24, 2.45) is 4.99 Å². The Labute approximate surface area is 122 Å². The molecule has 1 heterocycles. The molecule has 0 fully saturated rings. The van der Waals surface area contributed by atoms with Gasteiger partial charge in [-0.25, -0.2) is 9.79 Å². The van der Waals surface area contributed by atoms with Gasteiger partial charge in [0.2, 0.25) is 5.90 Å². The highest BCUT2D eigenvalue weighted by Crippen LogP contribution is 2.25. The van der Waals surface area contributed by atoms with E-state index < -0.39 is 5.97 Å². The van der Waals surface area contributed by atoms with E-state index in [0.29, 0.717) is 24.6 Å². The van der Waals surface area contributed by atoms with Gasteiger partial charge in [-0.05, 0) is 47.9 Å². The van der Waals surface area contributed by atoms with Crippen LogP contribution < -0.4 is 0 Å².